The maximum absolute atomic E-state index is 12.0. The second kappa shape index (κ2) is 5.31. The fourth-order valence-corrected chi connectivity index (χ4v) is 3.68. The van der Waals surface area contributed by atoms with E-state index in [2.05, 4.69) is 10.0 Å². The van der Waals surface area contributed by atoms with Gasteiger partial charge in [-0.3, -0.25) is 4.79 Å². The Bertz CT molecular complexity index is 638. The first-order chi connectivity index (χ1) is 9.95. The molecule has 114 valence electrons. The number of benzene rings is 1. The predicted octanol–water partition coefficient (Wildman–Crippen LogP) is 0.770. The lowest BCUT2D eigenvalue weighted by molar-refractivity contribution is -0.127. The van der Waals surface area contributed by atoms with Gasteiger partial charge in [0, 0.05) is 25.3 Å². The lowest BCUT2D eigenvalue weighted by Gasteiger charge is -2.14. The number of amides is 1. The molecular formula is C14H19N3O3S. The summed E-state index contributed by atoms with van der Waals surface area (Å²) in [7, 11) is -1.63. The Balaban J connectivity index is 1.68. The van der Waals surface area contributed by atoms with E-state index in [0.717, 1.165) is 31.5 Å². The molecule has 21 heavy (non-hydrogen) atoms. The molecule has 0 radical (unpaired) electrons. The van der Waals surface area contributed by atoms with E-state index >= 15 is 0 Å². The molecule has 1 saturated carbocycles. The maximum atomic E-state index is 12.0. The van der Waals surface area contributed by atoms with E-state index in [1.807, 2.05) is 0 Å². The second-order valence-corrected chi connectivity index (χ2v) is 7.38. The number of likely N-dealkylation sites (tertiary alicyclic amines) is 1. The summed E-state index contributed by atoms with van der Waals surface area (Å²) in [5.74, 6) is 0.0714. The minimum atomic E-state index is -3.41. The van der Waals surface area contributed by atoms with Gasteiger partial charge in [0.15, 0.2) is 0 Å². The first-order valence-electron chi connectivity index (χ1n) is 7.09. The molecule has 2 aliphatic rings. The number of carbonyl (C=O) groups excluding carboxylic acids is 1. The molecule has 1 aliphatic heterocycles. The van der Waals surface area contributed by atoms with E-state index in [9.17, 15) is 13.2 Å². The molecule has 1 heterocycles. The molecule has 0 spiro atoms. The summed E-state index contributed by atoms with van der Waals surface area (Å²) in [5, 5.41) is 3.15. The summed E-state index contributed by atoms with van der Waals surface area (Å²) in [6.07, 6.45) is 2.59. The van der Waals surface area contributed by atoms with E-state index in [1.54, 1.807) is 36.2 Å². The van der Waals surface area contributed by atoms with Crippen molar-refractivity contribution in [2.24, 2.45) is 0 Å². The Morgan fingerprint density at radius 3 is 2.33 bits per heavy atom. The lowest BCUT2D eigenvalue weighted by Crippen LogP contribution is -2.31. The number of sulfonamides is 1. The third-order valence-corrected chi connectivity index (χ3v) is 5.37. The molecule has 1 aromatic rings. The van der Waals surface area contributed by atoms with Gasteiger partial charge in [0.05, 0.1) is 4.90 Å². The number of hydrogen-bond donors (Lipinski definition) is 2. The number of rotatable bonds is 5. The molecule has 0 bridgehead atoms. The van der Waals surface area contributed by atoms with Crippen LogP contribution in [0.4, 0.5) is 5.69 Å². The number of likely N-dealkylation sites (N-methyl/N-ethyl adjacent to an activating group) is 1. The van der Waals surface area contributed by atoms with Crippen LogP contribution < -0.4 is 10.0 Å². The average Bonchev–Trinajstić information content (AvgIpc) is 3.20. The van der Waals surface area contributed by atoms with Crippen molar-refractivity contribution in [2.45, 2.75) is 36.2 Å². The van der Waals surface area contributed by atoms with E-state index in [0.29, 0.717) is 0 Å². The number of nitrogens with zero attached hydrogens (tertiary/aromatic N) is 1. The summed E-state index contributed by atoms with van der Waals surface area (Å²) < 4.78 is 26.7. The van der Waals surface area contributed by atoms with Crippen molar-refractivity contribution in [3.63, 3.8) is 0 Å². The van der Waals surface area contributed by atoms with Crippen molar-refractivity contribution in [1.82, 2.24) is 9.62 Å². The summed E-state index contributed by atoms with van der Waals surface area (Å²) in [5.41, 5.74) is 0.758. The molecule has 6 nitrogen and oxygen atoms in total. The van der Waals surface area contributed by atoms with Gasteiger partial charge in [-0.15, -0.1) is 0 Å². The average molecular weight is 309 g/mol. The van der Waals surface area contributed by atoms with E-state index < -0.39 is 10.0 Å². The molecule has 3 rings (SSSR count). The Morgan fingerprint density at radius 1 is 1.14 bits per heavy atom. The van der Waals surface area contributed by atoms with Crippen LogP contribution in [0.1, 0.15) is 19.3 Å². The Kier molecular flexibility index (Phi) is 3.62. The van der Waals surface area contributed by atoms with Crippen LogP contribution in [0, 0.1) is 0 Å². The van der Waals surface area contributed by atoms with Crippen LogP contribution in [0.3, 0.4) is 0 Å². The molecule has 2 fully saturated rings. The van der Waals surface area contributed by atoms with Crippen molar-refractivity contribution in [3.8, 4) is 0 Å². The van der Waals surface area contributed by atoms with Gasteiger partial charge in [0.25, 0.3) is 0 Å². The van der Waals surface area contributed by atoms with Crippen LogP contribution in [0.25, 0.3) is 0 Å². The minimum absolute atomic E-state index is 0.0714. The topological polar surface area (TPSA) is 78.5 Å². The zero-order valence-corrected chi connectivity index (χ0v) is 12.7. The molecule has 1 saturated heterocycles. The van der Waals surface area contributed by atoms with Crippen molar-refractivity contribution >= 4 is 21.6 Å². The highest BCUT2D eigenvalue weighted by molar-refractivity contribution is 7.89. The highest BCUT2D eigenvalue weighted by atomic mass is 32.2. The summed E-state index contributed by atoms with van der Waals surface area (Å²) in [4.78, 5) is 13.8. The van der Waals surface area contributed by atoms with Crippen LogP contribution in [0.2, 0.25) is 0 Å². The second-order valence-electron chi connectivity index (χ2n) is 5.67. The highest BCUT2D eigenvalue weighted by Gasteiger charge is 2.29. The maximum Gasteiger partial charge on any atom is 0.244 e. The van der Waals surface area contributed by atoms with Crippen LogP contribution in [0.5, 0.6) is 0 Å². The zero-order chi connectivity index (χ0) is 15.0. The molecule has 1 aliphatic carbocycles. The van der Waals surface area contributed by atoms with E-state index in [-0.39, 0.29) is 22.9 Å². The predicted molar refractivity (Wildman–Crippen MR) is 79.5 cm³/mol. The minimum Gasteiger partial charge on any atom is -0.374 e. The van der Waals surface area contributed by atoms with Crippen LogP contribution >= 0.6 is 0 Å². The van der Waals surface area contributed by atoms with Gasteiger partial charge in [-0.05, 0) is 43.5 Å². The van der Waals surface area contributed by atoms with Crippen molar-refractivity contribution in [2.75, 3.05) is 18.9 Å². The summed E-state index contributed by atoms with van der Waals surface area (Å²) in [6.45, 7) is 0.744. The fourth-order valence-electron chi connectivity index (χ4n) is 2.38. The standard InChI is InChI=1S/C14H19N3O3S/c1-17-9-8-13(14(17)18)15-10-4-6-12(7-5-10)21(19,20)16-11-2-3-11/h4-7,11,13,15-16H,2-3,8-9H2,1H3. The smallest absolute Gasteiger partial charge is 0.244 e. The number of carbonyl (C=O) groups is 1. The van der Waals surface area contributed by atoms with Gasteiger partial charge in [-0.25, -0.2) is 13.1 Å². The van der Waals surface area contributed by atoms with E-state index in [4.69, 9.17) is 0 Å². The summed E-state index contributed by atoms with van der Waals surface area (Å²) >= 11 is 0. The van der Waals surface area contributed by atoms with Crippen molar-refractivity contribution in [1.29, 1.82) is 0 Å². The third-order valence-electron chi connectivity index (χ3n) is 3.83. The molecule has 1 amide bonds. The molecule has 1 atom stereocenters. The number of nitrogens with one attached hydrogen (secondary N) is 2. The SMILES string of the molecule is CN1CCC(Nc2ccc(S(=O)(=O)NC3CC3)cc2)C1=O. The molecule has 7 heteroatoms. The Morgan fingerprint density at radius 2 is 1.81 bits per heavy atom. The van der Waals surface area contributed by atoms with Crippen LogP contribution in [-0.2, 0) is 14.8 Å². The van der Waals surface area contributed by atoms with Gasteiger partial charge < -0.3 is 10.2 Å². The molecule has 1 unspecified atom stereocenters. The highest BCUT2D eigenvalue weighted by Crippen LogP contribution is 2.23. The van der Waals surface area contributed by atoms with Gasteiger partial charge in [-0.2, -0.15) is 0 Å². The first-order valence-corrected chi connectivity index (χ1v) is 8.58. The van der Waals surface area contributed by atoms with Crippen molar-refractivity contribution < 1.29 is 13.2 Å². The monoisotopic (exact) mass is 309 g/mol. The third kappa shape index (κ3) is 3.19. The van der Waals surface area contributed by atoms with E-state index in [1.165, 1.54) is 0 Å². The normalized spacial score (nSPS) is 22.6. The lowest BCUT2D eigenvalue weighted by atomic mass is 10.2. The van der Waals surface area contributed by atoms with Gasteiger partial charge >= 0.3 is 0 Å². The molecule has 0 aromatic heterocycles. The largest absolute Gasteiger partial charge is 0.374 e. The van der Waals surface area contributed by atoms with Gasteiger partial charge in [0.1, 0.15) is 6.04 Å². The zero-order valence-electron chi connectivity index (χ0n) is 11.9. The Hall–Kier alpha value is -1.60. The Labute approximate surface area is 124 Å². The summed E-state index contributed by atoms with van der Waals surface area (Å²) in [6, 6.07) is 6.41. The number of anilines is 1. The molecule has 1 aromatic carbocycles. The van der Waals surface area contributed by atoms with Gasteiger partial charge in [-0.1, -0.05) is 0 Å². The molecule has 2 N–H and O–H groups in total. The first kappa shape index (κ1) is 14.3. The van der Waals surface area contributed by atoms with Gasteiger partial charge in [0.2, 0.25) is 15.9 Å². The van der Waals surface area contributed by atoms with Crippen LogP contribution in [-0.4, -0.2) is 44.9 Å². The number of hydrogen-bond acceptors (Lipinski definition) is 4. The molecular weight excluding hydrogens is 290 g/mol. The quantitative estimate of drug-likeness (QED) is 0.842. The van der Waals surface area contributed by atoms with Crippen LogP contribution in [0.15, 0.2) is 29.2 Å². The fraction of sp³-hybridized carbons (Fsp3) is 0.500. The van der Waals surface area contributed by atoms with Crippen molar-refractivity contribution in [3.05, 3.63) is 24.3 Å².